The van der Waals surface area contributed by atoms with Gasteiger partial charge < -0.3 is 14.0 Å². The summed E-state index contributed by atoms with van der Waals surface area (Å²) in [4.78, 5) is 7.85. The minimum atomic E-state index is 0.185. The van der Waals surface area contributed by atoms with E-state index in [0.29, 0.717) is 5.92 Å². The van der Waals surface area contributed by atoms with Crippen molar-refractivity contribution in [1.82, 2.24) is 18.7 Å². The summed E-state index contributed by atoms with van der Waals surface area (Å²) in [7, 11) is 0. The lowest BCUT2D eigenvalue weighted by Gasteiger charge is -2.28. The zero-order valence-electron chi connectivity index (χ0n) is 34.8. The average Bonchev–Trinajstić information content (AvgIpc) is 4.09. The van der Waals surface area contributed by atoms with E-state index in [1.165, 1.54) is 82.4 Å². The highest BCUT2D eigenvalue weighted by Crippen LogP contribution is 2.47. The molecule has 5 heteroatoms. The van der Waals surface area contributed by atoms with Crippen molar-refractivity contribution in [2.45, 2.75) is 12.0 Å². The SMILES string of the molecule is C1=CC2c3ccccc3N(c3cccc(-n4c5ccccc5c5cc(-n6c7ccccc7c7cc(-c8ccc9c(c8)c8ccccc8n9-c8ccccc8)ccc76)ccc54)n3)C2C=C1. The Hall–Kier alpha value is -8.41. The van der Waals surface area contributed by atoms with Gasteiger partial charge in [-0.25, -0.2) is 4.98 Å². The topological polar surface area (TPSA) is 30.9 Å². The number of anilines is 2. The Morgan fingerprint density at radius 2 is 0.859 bits per heavy atom. The minimum absolute atomic E-state index is 0.185. The van der Waals surface area contributed by atoms with Gasteiger partial charge in [-0.05, 0) is 108 Å². The lowest BCUT2D eigenvalue weighted by Crippen LogP contribution is -2.29. The highest BCUT2D eigenvalue weighted by Gasteiger charge is 2.37. The van der Waals surface area contributed by atoms with Crippen LogP contribution in [-0.4, -0.2) is 24.7 Å². The summed E-state index contributed by atoms with van der Waals surface area (Å²) in [6.45, 7) is 0. The molecule has 5 heterocycles. The quantitative estimate of drug-likeness (QED) is 0.173. The molecule has 300 valence electrons. The predicted octanol–water partition coefficient (Wildman–Crippen LogP) is 14.8. The van der Waals surface area contributed by atoms with Gasteiger partial charge in [0.05, 0.1) is 39.1 Å². The van der Waals surface area contributed by atoms with Gasteiger partial charge >= 0.3 is 0 Å². The third-order valence-electron chi connectivity index (χ3n) is 13.8. The molecule has 0 fully saturated rings. The van der Waals surface area contributed by atoms with E-state index < -0.39 is 0 Å². The smallest absolute Gasteiger partial charge is 0.140 e. The number of nitrogens with zero attached hydrogens (tertiary/aromatic N) is 5. The number of hydrogen-bond acceptors (Lipinski definition) is 2. The Bertz CT molecular complexity index is 3940. The summed E-state index contributed by atoms with van der Waals surface area (Å²) >= 11 is 0. The van der Waals surface area contributed by atoms with Gasteiger partial charge in [0, 0.05) is 55.3 Å². The van der Waals surface area contributed by atoms with Crippen LogP contribution in [0.2, 0.25) is 0 Å². The third-order valence-corrected chi connectivity index (χ3v) is 13.8. The number of rotatable bonds is 5. The molecule has 0 bridgehead atoms. The fourth-order valence-electron chi connectivity index (χ4n) is 11.0. The Morgan fingerprint density at radius 1 is 0.344 bits per heavy atom. The van der Waals surface area contributed by atoms with Crippen LogP contribution in [0.1, 0.15) is 11.5 Å². The third kappa shape index (κ3) is 5.03. The molecule has 2 atom stereocenters. The number of benzene rings is 8. The van der Waals surface area contributed by atoms with E-state index in [-0.39, 0.29) is 6.04 Å². The highest BCUT2D eigenvalue weighted by atomic mass is 15.3. The predicted molar refractivity (Wildman–Crippen MR) is 266 cm³/mol. The Morgan fingerprint density at radius 3 is 1.56 bits per heavy atom. The molecule has 0 saturated heterocycles. The van der Waals surface area contributed by atoms with Crippen molar-refractivity contribution in [3.63, 3.8) is 0 Å². The van der Waals surface area contributed by atoms with E-state index >= 15 is 0 Å². The molecule has 0 N–H and O–H groups in total. The lowest BCUT2D eigenvalue weighted by molar-refractivity contribution is 0.737. The molecule has 2 aliphatic rings. The number of hydrogen-bond donors (Lipinski definition) is 0. The number of para-hydroxylation sites is 5. The van der Waals surface area contributed by atoms with E-state index in [9.17, 15) is 0 Å². The highest BCUT2D eigenvalue weighted by molar-refractivity contribution is 6.14. The van der Waals surface area contributed by atoms with Crippen molar-refractivity contribution in [3.8, 4) is 28.3 Å². The van der Waals surface area contributed by atoms with Crippen LogP contribution in [0.4, 0.5) is 11.5 Å². The average molecular weight is 818 g/mol. The van der Waals surface area contributed by atoms with E-state index in [2.05, 4.69) is 243 Å². The largest absolute Gasteiger partial charge is 0.318 e. The second kappa shape index (κ2) is 13.5. The molecular weight excluding hydrogens is 779 g/mol. The van der Waals surface area contributed by atoms with Gasteiger partial charge in [0.15, 0.2) is 0 Å². The number of fused-ring (bicyclic) bond motifs is 12. The van der Waals surface area contributed by atoms with E-state index in [0.717, 1.165) is 28.4 Å². The molecule has 2 unspecified atom stereocenters. The normalized spacial score (nSPS) is 15.7. The van der Waals surface area contributed by atoms with Gasteiger partial charge in [0.2, 0.25) is 0 Å². The lowest BCUT2D eigenvalue weighted by atomic mass is 9.91. The van der Waals surface area contributed by atoms with E-state index in [1.807, 2.05) is 0 Å². The molecule has 64 heavy (non-hydrogen) atoms. The van der Waals surface area contributed by atoms with Gasteiger partial charge in [-0.15, -0.1) is 0 Å². The van der Waals surface area contributed by atoms with Gasteiger partial charge in [0.25, 0.3) is 0 Å². The zero-order valence-corrected chi connectivity index (χ0v) is 34.8. The molecular formula is C59H39N5. The number of aromatic nitrogens is 4. The summed E-state index contributed by atoms with van der Waals surface area (Å²) in [5.41, 5.74) is 14.3. The number of allylic oxidation sites excluding steroid dienone is 2. The molecule has 12 aromatic rings. The molecule has 4 aromatic heterocycles. The molecule has 0 amide bonds. The minimum Gasteiger partial charge on any atom is -0.318 e. The molecule has 14 rings (SSSR count). The van der Waals surface area contributed by atoms with Gasteiger partial charge in [-0.1, -0.05) is 133 Å². The van der Waals surface area contributed by atoms with Crippen LogP contribution in [0.25, 0.3) is 93.7 Å². The van der Waals surface area contributed by atoms with Gasteiger partial charge in [0.1, 0.15) is 11.6 Å². The maximum absolute atomic E-state index is 5.45. The maximum Gasteiger partial charge on any atom is 0.140 e. The second-order valence-corrected chi connectivity index (χ2v) is 17.1. The van der Waals surface area contributed by atoms with Crippen LogP contribution in [-0.2, 0) is 0 Å². The fourth-order valence-corrected chi connectivity index (χ4v) is 11.0. The van der Waals surface area contributed by atoms with Crippen molar-refractivity contribution < 1.29 is 0 Å². The Balaban J connectivity index is 0.900. The van der Waals surface area contributed by atoms with Crippen LogP contribution in [0.3, 0.4) is 0 Å². The van der Waals surface area contributed by atoms with E-state index in [4.69, 9.17) is 4.98 Å². The van der Waals surface area contributed by atoms with E-state index in [1.54, 1.807) is 0 Å². The summed E-state index contributed by atoms with van der Waals surface area (Å²) in [5, 5.41) is 7.37. The van der Waals surface area contributed by atoms with Crippen LogP contribution in [0.15, 0.2) is 224 Å². The molecule has 1 aliphatic heterocycles. The molecule has 1 aliphatic carbocycles. The van der Waals surface area contributed by atoms with Crippen molar-refractivity contribution >= 4 is 76.9 Å². The summed E-state index contributed by atoms with van der Waals surface area (Å²) in [6.07, 6.45) is 8.96. The molecule has 0 radical (unpaired) electrons. The van der Waals surface area contributed by atoms with Crippen LogP contribution in [0, 0.1) is 0 Å². The first-order chi connectivity index (χ1) is 31.8. The van der Waals surface area contributed by atoms with Crippen LogP contribution >= 0.6 is 0 Å². The van der Waals surface area contributed by atoms with Gasteiger partial charge in [-0.3, -0.25) is 4.57 Å². The monoisotopic (exact) mass is 817 g/mol. The van der Waals surface area contributed by atoms with Crippen LogP contribution in [0.5, 0.6) is 0 Å². The Kier molecular flexibility index (Phi) is 7.45. The van der Waals surface area contributed by atoms with Crippen LogP contribution < -0.4 is 4.90 Å². The second-order valence-electron chi connectivity index (χ2n) is 17.1. The fraction of sp³-hybridized carbons (Fsp3) is 0.0339. The molecule has 8 aromatic carbocycles. The van der Waals surface area contributed by atoms with Crippen molar-refractivity contribution in [2.24, 2.45) is 0 Å². The van der Waals surface area contributed by atoms with Crippen molar-refractivity contribution in [2.75, 3.05) is 4.90 Å². The molecule has 0 saturated carbocycles. The summed E-state index contributed by atoms with van der Waals surface area (Å²) in [5.74, 6) is 2.15. The summed E-state index contributed by atoms with van der Waals surface area (Å²) in [6, 6.07) is 73.2. The first-order valence-corrected chi connectivity index (χ1v) is 22.1. The van der Waals surface area contributed by atoms with Crippen molar-refractivity contribution in [3.05, 3.63) is 230 Å². The van der Waals surface area contributed by atoms with Crippen molar-refractivity contribution in [1.29, 1.82) is 0 Å². The maximum atomic E-state index is 5.45. The first-order valence-electron chi connectivity index (χ1n) is 22.1. The standard InChI is InChI=1S/C59H39N5/c1-2-15-40(16-3-1)61-50-22-9-6-19-44(50)47-35-38(29-32-55(47)61)39-30-33-56-48(36-39)45-20-7-10-23-51(45)62(56)41-31-34-57-49(37-41)46-21-8-13-26-54(46)64(57)59-28-14-27-58(60-59)63-52-24-11-4-17-42(52)43-18-5-12-25-53(43)63/h1-37,42,52H. The number of pyridine rings is 1. The Labute approximate surface area is 369 Å². The van der Waals surface area contributed by atoms with Gasteiger partial charge in [-0.2, -0.15) is 0 Å². The molecule has 0 spiro atoms. The summed E-state index contributed by atoms with van der Waals surface area (Å²) < 4.78 is 7.14. The molecule has 5 nitrogen and oxygen atoms in total. The zero-order chi connectivity index (χ0) is 41.9. The first kappa shape index (κ1) is 35.2.